The Balaban J connectivity index is 2.45. The zero-order chi connectivity index (χ0) is 14.3. The number of carbonyl (C=O) groups excluding carboxylic acids is 1. The Morgan fingerprint density at radius 3 is 2.63 bits per heavy atom. The molecule has 1 rings (SSSR count). The number of likely N-dealkylation sites (N-methyl/N-ethyl adjacent to an activating group) is 1. The summed E-state index contributed by atoms with van der Waals surface area (Å²) in [6, 6.07) is 6.29. The van der Waals surface area contributed by atoms with Crippen molar-refractivity contribution in [3.63, 3.8) is 0 Å². The number of nitrogens with two attached hydrogens (primary N) is 1. The highest BCUT2D eigenvalue weighted by Crippen LogP contribution is 2.11. The van der Waals surface area contributed by atoms with Crippen LogP contribution in [0.3, 0.4) is 0 Å². The first-order valence-electron chi connectivity index (χ1n) is 6.32. The minimum Gasteiger partial charge on any atom is -0.508 e. The molecule has 1 aromatic rings. The van der Waals surface area contributed by atoms with E-state index in [1.807, 2.05) is 0 Å². The molecular formula is C14H22N2O3. The van der Waals surface area contributed by atoms with Crippen LogP contribution in [0.25, 0.3) is 0 Å². The summed E-state index contributed by atoms with van der Waals surface area (Å²) in [6.45, 7) is 1.10. The SMILES string of the molecule is COCCCC(N)C(=O)N(C)Cc1ccc(O)cc1. The molecule has 19 heavy (non-hydrogen) atoms. The Kier molecular flexibility index (Phi) is 6.32. The summed E-state index contributed by atoms with van der Waals surface area (Å²) in [5.74, 6) is 0.137. The number of rotatable bonds is 7. The van der Waals surface area contributed by atoms with Crippen molar-refractivity contribution < 1.29 is 14.6 Å². The molecule has 0 aliphatic heterocycles. The first-order chi connectivity index (χ1) is 9.04. The highest BCUT2D eigenvalue weighted by atomic mass is 16.5. The molecule has 1 atom stereocenters. The zero-order valence-corrected chi connectivity index (χ0v) is 11.5. The lowest BCUT2D eigenvalue weighted by atomic mass is 10.1. The minimum absolute atomic E-state index is 0.0795. The minimum atomic E-state index is -0.489. The van der Waals surface area contributed by atoms with Crippen molar-refractivity contribution >= 4 is 5.91 Å². The summed E-state index contributed by atoms with van der Waals surface area (Å²) in [6.07, 6.45) is 1.39. The maximum absolute atomic E-state index is 12.0. The molecule has 5 nitrogen and oxygen atoms in total. The summed E-state index contributed by atoms with van der Waals surface area (Å²) in [5, 5.41) is 9.20. The van der Waals surface area contributed by atoms with Crippen LogP contribution >= 0.6 is 0 Å². The number of aromatic hydroxyl groups is 1. The Bertz CT molecular complexity index is 392. The molecular weight excluding hydrogens is 244 g/mol. The van der Waals surface area contributed by atoms with E-state index in [4.69, 9.17) is 10.5 Å². The number of carbonyl (C=O) groups is 1. The van der Waals surface area contributed by atoms with Gasteiger partial charge in [-0.1, -0.05) is 12.1 Å². The molecule has 106 valence electrons. The third-order valence-corrected chi connectivity index (χ3v) is 2.91. The largest absolute Gasteiger partial charge is 0.508 e. The number of hydrogen-bond acceptors (Lipinski definition) is 4. The maximum Gasteiger partial charge on any atom is 0.239 e. The molecule has 0 radical (unpaired) electrons. The number of benzene rings is 1. The van der Waals surface area contributed by atoms with E-state index >= 15 is 0 Å². The van der Waals surface area contributed by atoms with E-state index in [-0.39, 0.29) is 11.7 Å². The van der Waals surface area contributed by atoms with Crippen LogP contribution in [0, 0.1) is 0 Å². The van der Waals surface area contributed by atoms with Crippen LogP contribution in [0.15, 0.2) is 24.3 Å². The monoisotopic (exact) mass is 266 g/mol. The number of amides is 1. The van der Waals surface area contributed by atoms with Crippen LogP contribution < -0.4 is 5.73 Å². The fourth-order valence-electron chi connectivity index (χ4n) is 1.81. The van der Waals surface area contributed by atoms with Crippen LogP contribution in [-0.2, 0) is 16.1 Å². The van der Waals surface area contributed by atoms with Crippen LogP contribution in [0.5, 0.6) is 5.75 Å². The molecule has 5 heteroatoms. The second-order valence-corrected chi connectivity index (χ2v) is 4.60. The smallest absolute Gasteiger partial charge is 0.239 e. The molecule has 0 saturated heterocycles. The average Bonchev–Trinajstić information content (AvgIpc) is 2.40. The molecule has 3 N–H and O–H groups in total. The van der Waals surface area contributed by atoms with Gasteiger partial charge in [-0.05, 0) is 30.5 Å². The second kappa shape index (κ2) is 7.76. The molecule has 0 spiro atoms. The molecule has 1 unspecified atom stereocenters. The van der Waals surface area contributed by atoms with Crippen LogP contribution in [0.1, 0.15) is 18.4 Å². The lowest BCUT2D eigenvalue weighted by Gasteiger charge is -2.21. The van der Waals surface area contributed by atoms with Gasteiger partial charge in [0.2, 0.25) is 5.91 Å². The summed E-state index contributed by atoms with van der Waals surface area (Å²) in [4.78, 5) is 13.6. The molecule has 0 aromatic heterocycles. The molecule has 0 aliphatic carbocycles. The lowest BCUT2D eigenvalue weighted by Crippen LogP contribution is -2.41. The van der Waals surface area contributed by atoms with Crippen LogP contribution in [0.4, 0.5) is 0 Å². The van der Waals surface area contributed by atoms with E-state index < -0.39 is 6.04 Å². The summed E-state index contributed by atoms with van der Waals surface area (Å²) < 4.78 is 4.94. The van der Waals surface area contributed by atoms with Crippen molar-refractivity contribution in [1.29, 1.82) is 0 Å². The number of phenols is 1. The van der Waals surface area contributed by atoms with Crippen molar-refractivity contribution in [2.24, 2.45) is 5.73 Å². The first-order valence-corrected chi connectivity index (χ1v) is 6.32. The third-order valence-electron chi connectivity index (χ3n) is 2.91. The van der Waals surface area contributed by atoms with E-state index in [0.717, 1.165) is 12.0 Å². The summed E-state index contributed by atoms with van der Waals surface area (Å²) in [7, 11) is 3.36. The molecule has 0 saturated carbocycles. The van der Waals surface area contributed by atoms with Crippen molar-refractivity contribution in [3.05, 3.63) is 29.8 Å². The van der Waals surface area contributed by atoms with Gasteiger partial charge in [0, 0.05) is 27.3 Å². The van der Waals surface area contributed by atoms with E-state index in [1.54, 1.807) is 43.3 Å². The molecule has 0 bridgehead atoms. The van der Waals surface area contributed by atoms with Gasteiger partial charge in [-0.2, -0.15) is 0 Å². The summed E-state index contributed by atoms with van der Waals surface area (Å²) in [5.41, 5.74) is 6.81. The molecule has 0 fully saturated rings. The van der Waals surface area contributed by atoms with Crippen molar-refractivity contribution in [2.75, 3.05) is 20.8 Å². The number of nitrogens with zero attached hydrogens (tertiary/aromatic N) is 1. The first kappa shape index (κ1) is 15.5. The Morgan fingerprint density at radius 2 is 2.05 bits per heavy atom. The van der Waals surface area contributed by atoms with Gasteiger partial charge in [-0.15, -0.1) is 0 Å². The third kappa shape index (κ3) is 5.28. The van der Waals surface area contributed by atoms with Gasteiger partial charge in [0.25, 0.3) is 0 Å². The number of phenolic OH excluding ortho intramolecular Hbond substituents is 1. The van der Waals surface area contributed by atoms with Gasteiger partial charge in [0.05, 0.1) is 6.04 Å². The average molecular weight is 266 g/mol. The number of hydrogen-bond donors (Lipinski definition) is 2. The van der Waals surface area contributed by atoms with Gasteiger partial charge in [-0.25, -0.2) is 0 Å². The van der Waals surface area contributed by atoms with Crippen molar-refractivity contribution in [1.82, 2.24) is 4.90 Å². The van der Waals surface area contributed by atoms with E-state index in [9.17, 15) is 9.90 Å². The fraction of sp³-hybridized carbons (Fsp3) is 0.500. The standard InChI is InChI=1S/C14H22N2O3/c1-16(10-11-5-7-12(17)8-6-11)14(18)13(15)4-3-9-19-2/h5-8,13,17H,3-4,9-10,15H2,1-2H3. The predicted molar refractivity (Wildman–Crippen MR) is 73.7 cm³/mol. The zero-order valence-electron chi connectivity index (χ0n) is 11.5. The Hall–Kier alpha value is -1.59. The van der Waals surface area contributed by atoms with Gasteiger partial charge < -0.3 is 20.5 Å². The normalized spacial score (nSPS) is 12.2. The molecule has 1 aromatic carbocycles. The molecule has 1 amide bonds. The van der Waals surface area contributed by atoms with E-state index in [1.165, 1.54) is 0 Å². The van der Waals surface area contributed by atoms with Gasteiger partial charge >= 0.3 is 0 Å². The van der Waals surface area contributed by atoms with Crippen molar-refractivity contribution in [3.8, 4) is 5.75 Å². The number of ether oxygens (including phenoxy) is 1. The molecule has 0 heterocycles. The quantitative estimate of drug-likeness (QED) is 0.725. The van der Waals surface area contributed by atoms with Gasteiger partial charge in [-0.3, -0.25) is 4.79 Å². The topological polar surface area (TPSA) is 75.8 Å². The number of methoxy groups -OCH3 is 1. The lowest BCUT2D eigenvalue weighted by molar-refractivity contribution is -0.132. The predicted octanol–water partition coefficient (Wildman–Crippen LogP) is 1.10. The fourth-order valence-corrected chi connectivity index (χ4v) is 1.81. The van der Waals surface area contributed by atoms with Crippen LogP contribution in [0.2, 0.25) is 0 Å². The van der Waals surface area contributed by atoms with E-state index in [2.05, 4.69) is 0 Å². The Labute approximate surface area is 114 Å². The highest BCUT2D eigenvalue weighted by Gasteiger charge is 2.17. The van der Waals surface area contributed by atoms with Crippen LogP contribution in [-0.4, -0.2) is 42.7 Å². The highest BCUT2D eigenvalue weighted by molar-refractivity contribution is 5.81. The van der Waals surface area contributed by atoms with Gasteiger partial charge in [0.1, 0.15) is 5.75 Å². The Morgan fingerprint density at radius 1 is 1.42 bits per heavy atom. The molecule has 0 aliphatic rings. The van der Waals surface area contributed by atoms with E-state index in [0.29, 0.717) is 19.6 Å². The maximum atomic E-state index is 12.0. The summed E-state index contributed by atoms with van der Waals surface area (Å²) >= 11 is 0. The van der Waals surface area contributed by atoms with Crippen molar-refractivity contribution in [2.45, 2.75) is 25.4 Å². The second-order valence-electron chi connectivity index (χ2n) is 4.60. The van der Waals surface area contributed by atoms with Gasteiger partial charge in [0.15, 0.2) is 0 Å².